The SMILES string of the molecule is CO[SiH2]OC.N[C@@H](Cc1ccccc1)C(=O)O. The van der Waals surface area contributed by atoms with Gasteiger partial charge in [0.05, 0.1) is 0 Å². The maximum Gasteiger partial charge on any atom is 0.320 e. The largest absolute Gasteiger partial charge is 0.480 e. The fourth-order valence-electron chi connectivity index (χ4n) is 1.07. The van der Waals surface area contributed by atoms with Crippen LogP contribution in [0.2, 0.25) is 0 Å². The Labute approximate surface area is 104 Å². The maximum absolute atomic E-state index is 10.4. The highest BCUT2D eigenvalue weighted by Gasteiger charge is 2.10. The molecule has 1 aromatic rings. The van der Waals surface area contributed by atoms with Gasteiger partial charge in [0, 0.05) is 14.2 Å². The minimum atomic E-state index is -0.959. The first kappa shape index (κ1) is 15.8. The molecule has 0 heterocycles. The number of benzene rings is 1. The van der Waals surface area contributed by atoms with E-state index in [1.807, 2.05) is 30.3 Å². The number of hydrogen-bond acceptors (Lipinski definition) is 4. The van der Waals surface area contributed by atoms with Crippen molar-refractivity contribution in [1.82, 2.24) is 0 Å². The van der Waals surface area contributed by atoms with Crippen LogP contribution in [0.1, 0.15) is 5.56 Å². The van der Waals surface area contributed by atoms with Crippen LogP contribution >= 0.6 is 0 Å². The molecule has 0 aliphatic carbocycles. The number of aliphatic carboxylic acids is 1. The number of carboxylic acids is 1. The Hall–Kier alpha value is -1.21. The fraction of sp³-hybridized carbons (Fsp3) is 0.364. The lowest BCUT2D eigenvalue weighted by Gasteiger charge is -2.04. The molecule has 0 radical (unpaired) electrons. The minimum absolute atomic E-state index is 0.385. The molecule has 0 spiro atoms. The van der Waals surface area contributed by atoms with E-state index >= 15 is 0 Å². The smallest absolute Gasteiger partial charge is 0.320 e. The molecule has 5 nitrogen and oxygen atoms in total. The summed E-state index contributed by atoms with van der Waals surface area (Å²) in [6, 6.07) is 8.54. The highest BCUT2D eigenvalue weighted by molar-refractivity contribution is 6.17. The van der Waals surface area contributed by atoms with Crippen molar-refractivity contribution in [2.24, 2.45) is 5.73 Å². The second-order valence-corrected chi connectivity index (χ2v) is 4.72. The normalized spacial score (nSPS) is 11.2. The van der Waals surface area contributed by atoms with Gasteiger partial charge in [-0.1, -0.05) is 30.3 Å². The standard InChI is InChI=1S/C9H11NO2.C2H8O2Si/c10-8(9(11)12)6-7-4-2-1-3-5-7;1-3-5-4-2/h1-5,8H,6,10H2,(H,11,12);5H2,1-2H3/t8-;/m0./s1. The van der Waals surface area contributed by atoms with Gasteiger partial charge in [0.25, 0.3) is 0 Å². The summed E-state index contributed by atoms with van der Waals surface area (Å²) in [5, 5.41) is 8.52. The Morgan fingerprint density at radius 2 is 1.88 bits per heavy atom. The topological polar surface area (TPSA) is 81.8 Å². The zero-order valence-electron chi connectivity index (χ0n) is 10.1. The molecule has 0 saturated carbocycles. The first-order valence-corrected chi connectivity index (χ1v) is 6.27. The van der Waals surface area contributed by atoms with Crippen LogP contribution in [0.4, 0.5) is 0 Å². The second kappa shape index (κ2) is 9.97. The zero-order chi connectivity index (χ0) is 13.1. The quantitative estimate of drug-likeness (QED) is 0.721. The molecule has 0 aromatic heterocycles. The van der Waals surface area contributed by atoms with Crippen molar-refractivity contribution in [3.05, 3.63) is 35.9 Å². The van der Waals surface area contributed by atoms with Gasteiger partial charge in [-0.2, -0.15) is 0 Å². The van der Waals surface area contributed by atoms with Crippen LogP contribution in [0.25, 0.3) is 0 Å². The molecule has 0 aliphatic rings. The Balaban J connectivity index is 0.000000437. The van der Waals surface area contributed by atoms with E-state index in [9.17, 15) is 4.79 Å². The minimum Gasteiger partial charge on any atom is -0.480 e. The van der Waals surface area contributed by atoms with Gasteiger partial charge in [-0.3, -0.25) is 4.79 Å². The van der Waals surface area contributed by atoms with Crippen LogP contribution in [0.15, 0.2) is 30.3 Å². The van der Waals surface area contributed by atoms with E-state index in [4.69, 9.17) is 10.8 Å². The van der Waals surface area contributed by atoms with Crippen LogP contribution in [0.5, 0.6) is 0 Å². The van der Waals surface area contributed by atoms with Crippen molar-refractivity contribution >= 4 is 16.0 Å². The van der Waals surface area contributed by atoms with E-state index < -0.39 is 22.0 Å². The molecule has 0 saturated heterocycles. The molecular formula is C11H19NO4Si. The fourth-order valence-corrected chi connectivity index (χ4v) is 1.31. The Morgan fingerprint density at radius 1 is 1.35 bits per heavy atom. The van der Waals surface area contributed by atoms with Gasteiger partial charge >= 0.3 is 16.0 Å². The molecule has 17 heavy (non-hydrogen) atoms. The molecule has 1 aromatic carbocycles. The van der Waals surface area contributed by atoms with Crippen LogP contribution in [-0.4, -0.2) is 41.3 Å². The first-order valence-electron chi connectivity index (χ1n) is 5.12. The van der Waals surface area contributed by atoms with Crippen molar-refractivity contribution in [2.75, 3.05) is 14.2 Å². The van der Waals surface area contributed by atoms with Crippen molar-refractivity contribution in [3.8, 4) is 0 Å². The molecule has 1 rings (SSSR count). The van der Waals surface area contributed by atoms with Gasteiger partial charge < -0.3 is 19.7 Å². The Kier molecular flexibility index (Phi) is 9.26. The second-order valence-electron chi connectivity index (χ2n) is 3.33. The van der Waals surface area contributed by atoms with E-state index in [0.29, 0.717) is 6.42 Å². The first-order chi connectivity index (χ1) is 8.11. The molecule has 0 aliphatic heterocycles. The third-order valence-electron chi connectivity index (χ3n) is 1.85. The lowest BCUT2D eigenvalue weighted by molar-refractivity contribution is -0.138. The Bertz CT molecular complexity index is 306. The summed E-state index contributed by atoms with van der Waals surface area (Å²) >= 11 is 0. The molecular weight excluding hydrogens is 238 g/mol. The summed E-state index contributed by atoms with van der Waals surface area (Å²) in [6.07, 6.45) is 0.385. The highest BCUT2D eigenvalue weighted by atomic mass is 28.3. The number of carboxylic acid groups (broad SMARTS) is 1. The van der Waals surface area contributed by atoms with Gasteiger partial charge in [-0.25, -0.2) is 0 Å². The van der Waals surface area contributed by atoms with E-state index in [2.05, 4.69) is 8.85 Å². The predicted molar refractivity (Wildman–Crippen MR) is 68.3 cm³/mol. The average molecular weight is 257 g/mol. The van der Waals surface area contributed by atoms with E-state index in [-0.39, 0.29) is 0 Å². The van der Waals surface area contributed by atoms with E-state index in [0.717, 1.165) is 5.56 Å². The van der Waals surface area contributed by atoms with Crippen molar-refractivity contribution in [2.45, 2.75) is 12.5 Å². The van der Waals surface area contributed by atoms with Crippen LogP contribution in [0, 0.1) is 0 Å². The molecule has 0 fully saturated rings. The summed E-state index contributed by atoms with van der Waals surface area (Å²) < 4.78 is 9.22. The van der Waals surface area contributed by atoms with Gasteiger partial charge in [0.2, 0.25) is 0 Å². The summed E-state index contributed by atoms with van der Waals surface area (Å²) in [4.78, 5) is 10.4. The number of nitrogens with two attached hydrogens (primary N) is 1. The average Bonchev–Trinajstić information content (AvgIpc) is 2.32. The number of carbonyl (C=O) groups is 1. The van der Waals surface area contributed by atoms with Crippen LogP contribution in [-0.2, 0) is 20.1 Å². The third kappa shape index (κ3) is 8.58. The monoisotopic (exact) mass is 257 g/mol. The summed E-state index contributed by atoms with van der Waals surface area (Å²) in [7, 11) is 2.73. The van der Waals surface area contributed by atoms with Gasteiger partial charge in [-0.05, 0) is 12.0 Å². The predicted octanol–water partition coefficient (Wildman–Crippen LogP) is -0.0810. The van der Waals surface area contributed by atoms with Crippen molar-refractivity contribution < 1.29 is 18.8 Å². The lowest BCUT2D eigenvalue weighted by atomic mass is 10.1. The summed E-state index contributed by atoms with van der Waals surface area (Å²) in [5.41, 5.74) is 6.30. The highest BCUT2D eigenvalue weighted by Crippen LogP contribution is 2.01. The molecule has 3 N–H and O–H groups in total. The van der Waals surface area contributed by atoms with Gasteiger partial charge in [0.1, 0.15) is 6.04 Å². The maximum atomic E-state index is 10.4. The third-order valence-corrected chi connectivity index (χ3v) is 2.32. The lowest BCUT2D eigenvalue weighted by Crippen LogP contribution is -2.32. The van der Waals surface area contributed by atoms with Crippen molar-refractivity contribution in [3.63, 3.8) is 0 Å². The van der Waals surface area contributed by atoms with Gasteiger partial charge in [-0.15, -0.1) is 0 Å². The molecule has 0 unspecified atom stereocenters. The molecule has 96 valence electrons. The zero-order valence-corrected chi connectivity index (χ0v) is 11.5. The van der Waals surface area contributed by atoms with E-state index in [1.165, 1.54) is 0 Å². The molecule has 1 atom stereocenters. The number of rotatable bonds is 5. The van der Waals surface area contributed by atoms with Crippen molar-refractivity contribution in [1.29, 1.82) is 0 Å². The number of hydrogen-bond donors (Lipinski definition) is 2. The van der Waals surface area contributed by atoms with E-state index in [1.54, 1.807) is 14.2 Å². The van der Waals surface area contributed by atoms with Crippen LogP contribution < -0.4 is 5.73 Å². The van der Waals surface area contributed by atoms with Crippen LogP contribution in [0.3, 0.4) is 0 Å². The molecule has 0 bridgehead atoms. The molecule has 0 amide bonds. The van der Waals surface area contributed by atoms with Gasteiger partial charge in [0.15, 0.2) is 0 Å². The summed E-state index contributed by atoms with van der Waals surface area (Å²) in [5.74, 6) is -0.959. The Morgan fingerprint density at radius 3 is 2.24 bits per heavy atom. The molecule has 6 heteroatoms. The summed E-state index contributed by atoms with van der Waals surface area (Å²) in [6.45, 7) is 0.